The second-order valence-corrected chi connectivity index (χ2v) is 6.70. The third-order valence-electron chi connectivity index (χ3n) is 4.42. The number of hydrogen-bond acceptors (Lipinski definition) is 4. The molecule has 1 aliphatic rings. The number of H-pyrrole nitrogens is 1. The van der Waals surface area contributed by atoms with E-state index in [1.807, 2.05) is 19.1 Å². The number of aromatic nitrogens is 2. The zero-order valence-electron chi connectivity index (χ0n) is 13.5. The molecule has 4 rings (SSSR count). The highest BCUT2D eigenvalue weighted by atomic mass is 35.5. The first-order chi connectivity index (χ1) is 12.0. The van der Waals surface area contributed by atoms with Crippen LogP contribution in [-0.4, -0.2) is 33.3 Å². The van der Waals surface area contributed by atoms with Gasteiger partial charge in [-0.15, -0.1) is 0 Å². The average molecular weight is 357 g/mol. The Balaban J connectivity index is 1.55. The van der Waals surface area contributed by atoms with E-state index in [0.29, 0.717) is 17.3 Å². The lowest BCUT2D eigenvalue weighted by atomic mass is 9.96. The van der Waals surface area contributed by atoms with Gasteiger partial charge >= 0.3 is 0 Å². The molecule has 0 bridgehead atoms. The Kier molecular flexibility index (Phi) is 3.86. The van der Waals surface area contributed by atoms with Crippen molar-refractivity contribution in [2.24, 2.45) is 0 Å². The number of pyridine rings is 1. The minimum atomic E-state index is -0.848. The number of anilines is 1. The van der Waals surface area contributed by atoms with Crippen LogP contribution in [0, 0.1) is 6.92 Å². The van der Waals surface area contributed by atoms with Crippen LogP contribution in [0.25, 0.3) is 10.9 Å². The molecule has 2 unspecified atom stereocenters. The smallest absolute Gasteiger partial charge is 0.268 e. The maximum absolute atomic E-state index is 12.6. The number of carbonyl (C=O) groups is 1. The first kappa shape index (κ1) is 15.9. The number of aryl methyl sites for hydroxylation is 1. The molecule has 3 aromatic rings. The number of fused-ring (bicyclic) bond motifs is 2. The van der Waals surface area contributed by atoms with Crippen LogP contribution in [0.4, 0.5) is 5.69 Å². The number of amides is 1. The van der Waals surface area contributed by atoms with Gasteiger partial charge in [0.15, 0.2) is 0 Å². The predicted octanol–water partition coefficient (Wildman–Crippen LogP) is 2.61. The molecule has 25 heavy (non-hydrogen) atoms. The van der Waals surface area contributed by atoms with E-state index in [1.54, 1.807) is 18.3 Å². The lowest BCUT2D eigenvalue weighted by Crippen LogP contribution is -2.50. The number of rotatable bonds is 2. The van der Waals surface area contributed by atoms with Crippen LogP contribution < -0.4 is 10.6 Å². The van der Waals surface area contributed by atoms with E-state index in [0.717, 1.165) is 27.7 Å². The normalized spacial score (nSPS) is 19.3. The number of aliphatic hydroxyl groups excluding tert-OH is 1. The average Bonchev–Trinajstić information content (AvgIpc) is 2.99. The number of aliphatic hydroxyl groups is 1. The van der Waals surface area contributed by atoms with Crippen molar-refractivity contribution in [1.29, 1.82) is 0 Å². The molecule has 1 amide bonds. The number of aromatic amines is 1. The Labute approximate surface area is 149 Å². The molecule has 1 aromatic carbocycles. The van der Waals surface area contributed by atoms with E-state index >= 15 is 0 Å². The van der Waals surface area contributed by atoms with Crippen molar-refractivity contribution in [3.8, 4) is 0 Å². The van der Waals surface area contributed by atoms with Gasteiger partial charge in [0.05, 0.1) is 17.8 Å². The molecule has 2 aromatic heterocycles. The van der Waals surface area contributed by atoms with E-state index in [-0.39, 0.29) is 5.91 Å². The highest BCUT2D eigenvalue weighted by Crippen LogP contribution is 2.25. The fourth-order valence-electron chi connectivity index (χ4n) is 3.14. The molecule has 0 saturated heterocycles. The zero-order chi connectivity index (χ0) is 17.6. The molecular weight excluding hydrogens is 340 g/mol. The third-order valence-corrected chi connectivity index (χ3v) is 4.62. The lowest BCUT2D eigenvalue weighted by Gasteiger charge is -2.32. The summed E-state index contributed by atoms with van der Waals surface area (Å²) in [5.41, 5.74) is 4.25. The van der Waals surface area contributed by atoms with Gasteiger partial charge in [-0.2, -0.15) is 0 Å². The van der Waals surface area contributed by atoms with Gasteiger partial charge in [-0.3, -0.25) is 4.79 Å². The Bertz CT molecular complexity index is 969. The van der Waals surface area contributed by atoms with E-state index in [4.69, 9.17) is 11.6 Å². The van der Waals surface area contributed by atoms with E-state index in [1.165, 1.54) is 0 Å². The summed E-state index contributed by atoms with van der Waals surface area (Å²) in [4.78, 5) is 19.6. The maximum atomic E-state index is 12.6. The van der Waals surface area contributed by atoms with Gasteiger partial charge in [-0.1, -0.05) is 29.3 Å². The molecule has 7 heteroatoms. The summed E-state index contributed by atoms with van der Waals surface area (Å²) in [5, 5.41) is 17.4. The van der Waals surface area contributed by atoms with E-state index in [2.05, 4.69) is 26.7 Å². The van der Waals surface area contributed by atoms with Crippen LogP contribution >= 0.6 is 11.6 Å². The highest BCUT2D eigenvalue weighted by molar-refractivity contribution is 6.30. The lowest BCUT2D eigenvalue weighted by molar-refractivity contribution is 0.0858. The Morgan fingerprint density at radius 3 is 3.04 bits per heavy atom. The van der Waals surface area contributed by atoms with Crippen LogP contribution in [0.1, 0.15) is 21.6 Å². The Morgan fingerprint density at radius 1 is 1.36 bits per heavy atom. The second-order valence-electron chi connectivity index (χ2n) is 6.31. The van der Waals surface area contributed by atoms with Crippen molar-refractivity contribution in [3.63, 3.8) is 0 Å². The van der Waals surface area contributed by atoms with Gasteiger partial charge in [-0.25, -0.2) is 4.98 Å². The first-order valence-electron chi connectivity index (χ1n) is 7.99. The molecule has 2 atom stereocenters. The number of hydrogen-bond donors (Lipinski definition) is 4. The number of benzene rings is 1. The molecule has 0 aliphatic carbocycles. The SMILES string of the molecule is Cc1ccc2c(c1)CC(NC(=O)c1cc3cc(Cl)ncc3[nH]1)C(O)N2. The van der Waals surface area contributed by atoms with Crippen LogP contribution in [0.3, 0.4) is 0 Å². The van der Waals surface area contributed by atoms with E-state index < -0.39 is 12.3 Å². The van der Waals surface area contributed by atoms with Crippen molar-refractivity contribution < 1.29 is 9.90 Å². The molecule has 0 saturated carbocycles. The van der Waals surface area contributed by atoms with Gasteiger partial charge < -0.3 is 20.7 Å². The summed E-state index contributed by atoms with van der Waals surface area (Å²) >= 11 is 5.88. The summed E-state index contributed by atoms with van der Waals surface area (Å²) in [6, 6.07) is 8.99. The van der Waals surface area contributed by atoms with Crippen molar-refractivity contribution in [2.75, 3.05) is 5.32 Å². The maximum Gasteiger partial charge on any atom is 0.268 e. The summed E-state index contributed by atoms with van der Waals surface area (Å²) in [6.45, 7) is 2.02. The largest absolute Gasteiger partial charge is 0.372 e. The Hall–Kier alpha value is -2.57. The van der Waals surface area contributed by atoms with Crippen LogP contribution in [-0.2, 0) is 6.42 Å². The van der Waals surface area contributed by atoms with Crippen molar-refractivity contribution in [2.45, 2.75) is 25.6 Å². The van der Waals surface area contributed by atoms with Gasteiger partial charge in [0.1, 0.15) is 17.1 Å². The van der Waals surface area contributed by atoms with Gasteiger partial charge in [0, 0.05) is 11.1 Å². The third kappa shape index (κ3) is 3.06. The van der Waals surface area contributed by atoms with E-state index in [9.17, 15) is 9.90 Å². The Morgan fingerprint density at radius 2 is 2.20 bits per heavy atom. The van der Waals surface area contributed by atoms with Crippen LogP contribution in [0.5, 0.6) is 0 Å². The highest BCUT2D eigenvalue weighted by Gasteiger charge is 2.28. The van der Waals surface area contributed by atoms with Gasteiger partial charge in [-0.05, 0) is 37.1 Å². The summed E-state index contributed by atoms with van der Waals surface area (Å²) in [6.07, 6.45) is 1.30. The van der Waals surface area contributed by atoms with Gasteiger partial charge in [0.25, 0.3) is 5.91 Å². The number of nitrogens with zero attached hydrogens (tertiary/aromatic N) is 1. The minimum absolute atomic E-state index is 0.283. The fourth-order valence-corrected chi connectivity index (χ4v) is 3.31. The first-order valence-corrected chi connectivity index (χ1v) is 8.36. The minimum Gasteiger partial charge on any atom is -0.372 e. The summed E-state index contributed by atoms with van der Waals surface area (Å²) < 4.78 is 0. The second kappa shape index (κ2) is 6.06. The molecule has 128 valence electrons. The number of nitrogens with one attached hydrogen (secondary N) is 3. The van der Waals surface area contributed by atoms with Crippen LogP contribution in [0.15, 0.2) is 36.5 Å². The molecule has 0 radical (unpaired) electrons. The van der Waals surface area contributed by atoms with Crippen molar-refractivity contribution in [1.82, 2.24) is 15.3 Å². The molecule has 0 spiro atoms. The monoisotopic (exact) mass is 356 g/mol. The molecule has 6 nitrogen and oxygen atoms in total. The summed E-state index contributed by atoms with van der Waals surface area (Å²) in [7, 11) is 0. The molecule has 3 heterocycles. The zero-order valence-corrected chi connectivity index (χ0v) is 14.3. The molecule has 0 fully saturated rings. The van der Waals surface area contributed by atoms with Crippen molar-refractivity contribution in [3.05, 3.63) is 58.5 Å². The molecular formula is C18H17ClN4O2. The van der Waals surface area contributed by atoms with Crippen molar-refractivity contribution >= 4 is 34.1 Å². The topological polar surface area (TPSA) is 90.0 Å². The number of halogens is 1. The quantitative estimate of drug-likeness (QED) is 0.531. The molecule has 1 aliphatic heterocycles. The van der Waals surface area contributed by atoms with Crippen LogP contribution in [0.2, 0.25) is 5.15 Å². The number of carbonyl (C=O) groups excluding carboxylic acids is 1. The standard InChI is InChI=1S/C18H17ClN4O2/c1-9-2-3-12-10(4-9)5-14(18(25)22-12)23-17(24)13-6-11-7-16(19)20-8-15(11)21-13/h2-4,6-8,14,18,21-22,25H,5H2,1H3,(H,23,24). The fraction of sp³-hybridized carbons (Fsp3) is 0.222. The molecule has 4 N–H and O–H groups in total. The summed E-state index contributed by atoms with van der Waals surface area (Å²) in [5.74, 6) is -0.283. The predicted molar refractivity (Wildman–Crippen MR) is 96.9 cm³/mol. The van der Waals surface area contributed by atoms with Gasteiger partial charge in [0.2, 0.25) is 0 Å².